The van der Waals surface area contributed by atoms with Crippen molar-refractivity contribution in [1.29, 1.82) is 0 Å². The average molecular weight is 246 g/mol. The number of benzene rings is 1. The second kappa shape index (κ2) is 4.43. The van der Waals surface area contributed by atoms with Crippen molar-refractivity contribution < 1.29 is 5.11 Å². The lowest BCUT2D eigenvalue weighted by molar-refractivity contribution is 0.111. The van der Waals surface area contributed by atoms with Gasteiger partial charge in [0, 0.05) is 4.70 Å². The van der Waals surface area contributed by atoms with E-state index < -0.39 is 0 Å². The Balaban J connectivity index is 1.95. The molecular weight excluding hydrogens is 228 g/mol. The fourth-order valence-corrected chi connectivity index (χ4v) is 3.99. The van der Waals surface area contributed by atoms with Crippen molar-refractivity contribution in [2.75, 3.05) is 0 Å². The Labute approximate surface area is 106 Å². The smallest absolute Gasteiger partial charge is 0.0832 e. The number of fused-ring (bicyclic) bond motifs is 1. The van der Waals surface area contributed by atoms with Crippen molar-refractivity contribution in [3.05, 3.63) is 35.2 Å². The van der Waals surface area contributed by atoms with Crippen LogP contribution >= 0.6 is 11.3 Å². The van der Waals surface area contributed by atoms with Gasteiger partial charge in [0.15, 0.2) is 0 Å². The summed E-state index contributed by atoms with van der Waals surface area (Å²) in [6.45, 7) is 2.29. The van der Waals surface area contributed by atoms with Gasteiger partial charge in [0.25, 0.3) is 0 Å². The minimum atomic E-state index is -0.276. The average Bonchev–Trinajstić information content (AvgIpc) is 2.95. The van der Waals surface area contributed by atoms with Crippen LogP contribution in [0.5, 0.6) is 0 Å². The van der Waals surface area contributed by atoms with Gasteiger partial charge in [-0.05, 0) is 47.1 Å². The van der Waals surface area contributed by atoms with Crippen LogP contribution < -0.4 is 0 Å². The molecule has 1 fully saturated rings. The summed E-state index contributed by atoms with van der Waals surface area (Å²) in [5.41, 5.74) is 1.14. The number of hydrogen-bond donors (Lipinski definition) is 1. The summed E-state index contributed by atoms with van der Waals surface area (Å²) in [6, 6.07) is 8.41. The summed E-state index contributed by atoms with van der Waals surface area (Å²) in [4.78, 5) is 0. The highest BCUT2D eigenvalue weighted by Crippen LogP contribution is 2.41. The van der Waals surface area contributed by atoms with Gasteiger partial charge < -0.3 is 5.11 Å². The molecule has 3 rings (SSSR count). The zero-order valence-corrected chi connectivity index (χ0v) is 10.9. The first-order valence-corrected chi connectivity index (χ1v) is 7.28. The second-order valence-corrected chi connectivity index (χ2v) is 6.23. The molecule has 1 aromatic heterocycles. The molecule has 1 aromatic carbocycles. The van der Waals surface area contributed by atoms with E-state index in [4.69, 9.17) is 0 Å². The lowest BCUT2D eigenvalue weighted by atomic mass is 9.93. The quantitative estimate of drug-likeness (QED) is 0.834. The highest BCUT2D eigenvalue weighted by atomic mass is 32.1. The number of aliphatic hydroxyl groups is 1. The van der Waals surface area contributed by atoms with Gasteiger partial charge >= 0.3 is 0 Å². The topological polar surface area (TPSA) is 20.2 Å². The van der Waals surface area contributed by atoms with Gasteiger partial charge in [-0.25, -0.2) is 0 Å². The molecule has 17 heavy (non-hydrogen) atoms. The van der Waals surface area contributed by atoms with Gasteiger partial charge in [-0.15, -0.1) is 11.3 Å². The molecule has 90 valence electrons. The number of rotatable bonds is 2. The van der Waals surface area contributed by atoms with Crippen molar-refractivity contribution in [2.24, 2.45) is 11.8 Å². The molecule has 0 aliphatic heterocycles. The molecular formula is C15H18OS. The SMILES string of the molecule is CC1CCC(C(O)c2cccc3ccsc23)C1. The summed E-state index contributed by atoms with van der Waals surface area (Å²) in [6.07, 6.45) is 3.33. The Morgan fingerprint density at radius 3 is 2.94 bits per heavy atom. The molecule has 0 spiro atoms. The molecule has 2 aromatic rings. The minimum Gasteiger partial charge on any atom is -0.388 e. The van der Waals surface area contributed by atoms with Crippen LogP contribution in [0.2, 0.25) is 0 Å². The lowest BCUT2D eigenvalue weighted by Crippen LogP contribution is -2.09. The van der Waals surface area contributed by atoms with Crippen LogP contribution in [-0.4, -0.2) is 5.11 Å². The largest absolute Gasteiger partial charge is 0.388 e. The Hall–Kier alpha value is -0.860. The Bertz CT molecular complexity index is 516. The van der Waals surface area contributed by atoms with E-state index in [9.17, 15) is 5.11 Å². The molecule has 1 aliphatic rings. The molecule has 2 heteroatoms. The van der Waals surface area contributed by atoms with Crippen LogP contribution in [0.25, 0.3) is 10.1 Å². The maximum atomic E-state index is 10.6. The standard InChI is InChI=1S/C15H18OS/c1-10-5-6-12(9-10)14(16)13-4-2-3-11-7-8-17-15(11)13/h2-4,7-8,10,12,14,16H,5-6,9H2,1H3. The molecule has 1 nitrogen and oxygen atoms in total. The maximum absolute atomic E-state index is 10.6. The molecule has 1 N–H and O–H groups in total. The number of hydrogen-bond acceptors (Lipinski definition) is 2. The van der Waals surface area contributed by atoms with Gasteiger partial charge in [0.2, 0.25) is 0 Å². The fraction of sp³-hybridized carbons (Fsp3) is 0.467. The van der Waals surface area contributed by atoms with E-state index in [1.807, 2.05) is 0 Å². The summed E-state index contributed by atoms with van der Waals surface area (Å²) >= 11 is 1.74. The predicted molar refractivity (Wildman–Crippen MR) is 73.3 cm³/mol. The summed E-state index contributed by atoms with van der Waals surface area (Å²) in [5, 5.41) is 13.9. The molecule has 1 aliphatic carbocycles. The molecule has 3 unspecified atom stereocenters. The first kappa shape index (κ1) is 11.2. The summed E-state index contributed by atoms with van der Waals surface area (Å²) in [5.74, 6) is 1.23. The van der Waals surface area contributed by atoms with E-state index in [0.717, 1.165) is 11.5 Å². The van der Waals surface area contributed by atoms with Gasteiger partial charge in [0.1, 0.15) is 0 Å². The Morgan fingerprint density at radius 2 is 2.18 bits per heavy atom. The van der Waals surface area contributed by atoms with Gasteiger partial charge in [-0.1, -0.05) is 31.5 Å². The summed E-state index contributed by atoms with van der Waals surface area (Å²) in [7, 11) is 0. The van der Waals surface area contributed by atoms with E-state index in [2.05, 4.69) is 36.6 Å². The van der Waals surface area contributed by atoms with E-state index >= 15 is 0 Å². The first-order chi connectivity index (χ1) is 8.25. The van der Waals surface area contributed by atoms with Gasteiger partial charge in [-0.2, -0.15) is 0 Å². The third kappa shape index (κ3) is 2.00. The van der Waals surface area contributed by atoms with Crippen molar-refractivity contribution in [2.45, 2.75) is 32.3 Å². The van der Waals surface area contributed by atoms with Crippen LogP contribution in [0, 0.1) is 11.8 Å². The third-order valence-electron chi connectivity index (χ3n) is 4.01. The van der Waals surface area contributed by atoms with Crippen molar-refractivity contribution in [3.8, 4) is 0 Å². The fourth-order valence-electron chi connectivity index (χ4n) is 3.04. The van der Waals surface area contributed by atoms with E-state index in [-0.39, 0.29) is 6.10 Å². The second-order valence-electron chi connectivity index (χ2n) is 5.31. The molecule has 0 saturated heterocycles. The molecule has 0 radical (unpaired) electrons. The molecule has 0 bridgehead atoms. The monoisotopic (exact) mass is 246 g/mol. The molecule has 3 atom stereocenters. The van der Waals surface area contributed by atoms with Crippen molar-refractivity contribution >= 4 is 21.4 Å². The molecule has 1 heterocycles. The zero-order chi connectivity index (χ0) is 11.8. The van der Waals surface area contributed by atoms with Crippen molar-refractivity contribution in [1.82, 2.24) is 0 Å². The number of aliphatic hydroxyl groups excluding tert-OH is 1. The first-order valence-electron chi connectivity index (χ1n) is 6.40. The summed E-state index contributed by atoms with van der Waals surface area (Å²) < 4.78 is 1.26. The number of thiophene rings is 1. The normalized spacial score (nSPS) is 26.5. The molecule has 1 saturated carbocycles. The van der Waals surface area contributed by atoms with E-state index in [0.29, 0.717) is 5.92 Å². The third-order valence-corrected chi connectivity index (χ3v) is 4.99. The highest BCUT2D eigenvalue weighted by molar-refractivity contribution is 7.17. The lowest BCUT2D eigenvalue weighted by Gasteiger charge is -2.19. The maximum Gasteiger partial charge on any atom is 0.0832 e. The van der Waals surface area contributed by atoms with Gasteiger partial charge in [0.05, 0.1) is 6.10 Å². The van der Waals surface area contributed by atoms with Crippen LogP contribution in [0.1, 0.15) is 37.9 Å². The van der Waals surface area contributed by atoms with E-state index in [1.165, 1.54) is 29.3 Å². The van der Waals surface area contributed by atoms with Crippen LogP contribution in [0.15, 0.2) is 29.6 Å². The van der Waals surface area contributed by atoms with Crippen LogP contribution in [0.4, 0.5) is 0 Å². The highest BCUT2D eigenvalue weighted by Gasteiger charge is 2.29. The molecule has 0 amide bonds. The minimum absolute atomic E-state index is 0.276. The zero-order valence-electron chi connectivity index (χ0n) is 10.1. The van der Waals surface area contributed by atoms with Crippen molar-refractivity contribution in [3.63, 3.8) is 0 Å². The Kier molecular flexibility index (Phi) is 2.93. The van der Waals surface area contributed by atoms with Gasteiger partial charge in [-0.3, -0.25) is 0 Å². The van der Waals surface area contributed by atoms with Crippen LogP contribution in [-0.2, 0) is 0 Å². The Morgan fingerprint density at radius 1 is 1.29 bits per heavy atom. The van der Waals surface area contributed by atoms with Crippen LogP contribution in [0.3, 0.4) is 0 Å². The predicted octanol–water partition coefficient (Wildman–Crippen LogP) is 4.37. The van der Waals surface area contributed by atoms with E-state index in [1.54, 1.807) is 11.3 Å².